The van der Waals surface area contributed by atoms with E-state index in [4.69, 9.17) is 5.11 Å². The van der Waals surface area contributed by atoms with Gasteiger partial charge in [0.15, 0.2) is 0 Å². The molecule has 0 aromatic carbocycles. The van der Waals surface area contributed by atoms with Gasteiger partial charge in [0.05, 0.1) is 12.6 Å². The number of nitrogens with zero attached hydrogens (tertiary/aromatic N) is 2. The van der Waals surface area contributed by atoms with Gasteiger partial charge in [-0.25, -0.2) is 4.79 Å². The van der Waals surface area contributed by atoms with Crippen LogP contribution in [0.2, 0.25) is 0 Å². The zero-order valence-corrected chi connectivity index (χ0v) is 9.76. The molecule has 2 N–H and O–H groups in total. The van der Waals surface area contributed by atoms with Crippen LogP contribution in [0.5, 0.6) is 0 Å². The van der Waals surface area contributed by atoms with Crippen LogP contribution in [0.3, 0.4) is 0 Å². The van der Waals surface area contributed by atoms with Crippen molar-refractivity contribution < 1.29 is 9.90 Å². The molecule has 0 saturated heterocycles. The Hall–Kier alpha value is -1.49. The van der Waals surface area contributed by atoms with Crippen molar-refractivity contribution in [3.63, 3.8) is 0 Å². The summed E-state index contributed by atoms with van der Waals surface area (Å²) in [6.45, 7) is 3.10. The summed E-state index contributed by atoms with van der Waals surface area (Å²) < 4.78 is 2.00. The van der Waals surface area contributed by atoms with Gasteiger partial charge in [0.1, 0.15) is 0 Å². The van der Waals surface area contributed by atoms with E-state index < -0.39 is 0 Å². The highest BCUT2D eigenvalue weighted by Crippen LogP contribution is 1.94. The van der Waals surface area contributed by atoms with Crippen LogP contribution in [0, 0.1) is 0 Å². The smallest absolute Gasteiger partial charge is 0.317 e. The Labute approximate surface area is 95.7 Å². The lowest BCUT2D eigenvalue weighted by molar-refractivity contribution is 0.157. The molecule has 2 amide bonds. The molecule has 1 aromatic heterocycles. The quantitative estimate of drug-likeness (QED) is 0.767. The molecule has 0 aliphatic heterocycles. The largest absolute Gasteiger partial charge is 0.394 e. The summed E-state index contributed by atoms with van der Waals surface area (Å²) in [6, 6.07) is 3.57. The minimum Gasteiger partial charge on any atom is -0.394 e. The number of rotatable bonds is 5. The Balaban J connectivity index is 2.24. The number of aromatic nitrogens is 1. The van der Waals surface area contributed by atoms with E-state index in [1.54, 1.807) is 14.0 Å². The van der Waals surface area contributed by atoms with Crippen molar-refractivity contribution >= 4 is 6.03 Å². The number of hydrogen-bond acceptors (Lipinski definition) is 2. The van der Waals surface area contributed by atoms with Gasteiger partial charge in [-0.2, -0.15) is 0 Å². The van der Waals surface area contributed by atoms with Crippen LogP contribution in [0.1, 0.15) is 6.92 Å². The SMILES string of the molecule is CC(CO)N(C)C(=O)NCCn1cccc1. The first kappa shape index (κ1) is 12.6. The standard InChI is InChI=1S/C11H19N3O2/c1-10(9-15)13(2)11(16)12-5-8-14-6-3-4-7-14/h3-4,6-7,10,15H,5,8-9H2,1-2H3,(H,12,16). The first-order chi connectivity index (χ1) is 7.65. The molecule has 5 heteroatoms. The van der Waals surface area contributed by atoms with Gasteiger partial charge in [0.2, 0.25) is 0 Å². The molecule has 5 nitrogen and oxygen atoms in total. The molecule has 1 atom stereocenters. The molecule has 1 unspecified atom stereocenters. The molecule has 1 rings (SSSR count). The normalized spacial score (nSPS) is 12.2. The zero-order chi connectivity index (χ0) is 12.0. The van der Waals surface area contributed by atoms with E-state index >= 15 is 0 Å². The van der Waals surface area contributed by atoms with Crippen molar-refractivity contribution in [2.45, 2.75) is 19.5 Å². The number of nitrogens with one attached hydrogen (secondary N) is 1. The van der Waals surface area contributed by atoms with Crippen LogP contribution in [-0.4, -0.2) is 46.8 Å². The molecule has 1 heterocycles. The molecule has 1 aromatic rings. The van der Waals surface area contributed by atoms with E-state index in [9.17, 15) is 4.79 Å². The summed E-state index contributed by atoms with van der Waals surface area (Å²) in [5.41, 5.74) is 0. The highest BCUT2D eigenvalue weighted by Gasteiger charge is 2.13. The highest BCUT2D eigenvalue weighted by molar-refractivity contribution is 5.74. The van der Waals surface area contributed by atoms with Gasteiger partial charge in [-0.1, -0.05) is 0 Å². The first-order valence-corrected chi connectivity index (χ1v) is 5.37. The fraction of sp³-hybridized carbons (Fsp3) is 0.545. The summed E-state index contributed by atoms with van der Waals surface area (Å²) in [4.78, 5) is 13.1. The fourth-order valence-corrected chi connectivity index (χ4v) is 1.26. The Morgan fingerprint density at radius 3 is 2.69 bits per heavy atom. The third kappa shape index (κ3) is 3.58. The average molecular weight is 225 g/mol. The number of carbonyl (C=O) groups excluding carboxylic acids is 1. The summed E-state index contributed by atoms with van der Waals surface area (Å²) in [5, 5.41) is 11.7. The molecule has 0 bridgehead atoms. The number of amides is 2. The summed E-state index contributed by atoms with van der Waals surface area (Å²) >= 11 is 0. The van der Waals surface area contributed by atoms with Crippen molar-refractivity contribution in [2.75, 3.05) is 20.2 Å². The molecular formula is C11H19N3O2. The zero-order valence-electron chi connectivity index (χ0n) is 9.76. The Morgan fingerprint density at radius 2 is 2.12 bits per heavy atom. The van der Waals surface area contributed by atoms with E-state index in [1.165, 1.54) is 4.90 Å². The number of likely N-dealkylation sites (N-methyl/N-ethyl adjacent to an activating group) is 1. The van der Waals surface area contributed by atoms with Gasteiger partial charge in [0.25, 0.3) is 0 Å². The number of urea groups is 1. The maximum absolute atomic E-state index is 11.6. The second kappa shape index (κ2) is 6.17. The van der Waals surface area contributed by atoms with Crippen LogP contribution < -0.4 is 5.32 Å². The summed E-state index contributed by atoms with van der Waals surface area (Å²) in [7, 11) is 1.67. The van der Waals surface area contributed by atoms with Crippen molar-refractivity contribution in [1.29, 1.82) is 0 Å². The van der Waals surface area contributed by atoms with Crippen LogP contribution in [0.25, 0.3) is 0 Å². The number of hydrogen-bond donors (Lipinski definition) is 2. The van der Waals surface area contributed by atoms with Gasteiger partial charge in [-0.3, -0.25) is 0 Å². The van der Waals surface area contributed by atoms with E-state index in [1.807, 2.05) is 29.1 Å². The van der Waals surface area contributed by atoms with Crippen LogP contribution >= 0.6 is 0 Å². The Kier molecular flexibility index (Phi) is 4.85. The number of carbonyl (C=O) groups is 1. The number of aliphatic hydroxyl groups excluding tert-OH is 1. The second-order valence-corrected chi connectivity index (χ2v) is 3.80. The van der Waals surface area contributed by atoms with Gasteiger partial charge in [-0.15, -0.1) is 0 Å². The van der Waals surface area contributed by atoms with Crippen molar-refractivity contribution in [3.8, 4) is 0 Å². The molecule has 0 radical (unpaired) electrons. The maximum atomic E-state index is 11.6. The topological polar surface area (TPSA) is 57.5 Å². The van der Waals surface area contributed by atoms with Crippen molar-refractivity contribution in [3.05, 3.63) is 24.5 Å². The molecule has 0 spiro atoms. The fourth-order valence-electron chi connectivity index (χ4n) is 1.26. The maximum Gasteiger partial charge on any atom is 0.317 e. The Morgan fingerprint density at radius 1 is 1.50 bits per heavy atom. The summed E-state index contributed by atoms with van der Waals surface area (Å²) in [5.74, 6) is 0. The second-order valence-electron chi connectivity index (χ2n) is 3.80. The predicted octanol–water partition coefficient (Wildman–Crippen LogP) is 0.510. The van der Waals surface area contributed by atoms with Crippen molar-refractivity contribution in [2.24, 2.45) is 0 Å². The monoisotopic (exact) mass is 225 g/mol. The van der Waals surface area contributed by atoms with E-state index in [2.05, 4.69) is 5.32 Å². The van der Waals surface area contributed by atoms with E-state index in [-0.39, 0.29) is 18.7 Å². The average Bonchev–Trinajstić information content (AvgIpc) is 2.79. The predicted molar refractivity (Wildman–Crippen MR) is 62.1 cm³/mol. The van der Waals surface area contributed by atoms with Crippen LogP contribution in [0.15, 0.2) is 24.5 Å². The Bertz CT molecular complexity index is 311. The third-order valence-electron chi connectivity index (χ3n) is 2.56. The summed E-state index contributed by atoms with van der Waals surface area (Å²) in [6.07, 6.45) is 3.90. The molecule has 90 valence electrons. The molecular weight excluding hydrogens is 206 g/mol. The van der Waals surface area contributed by atoms with Gasteiger partial charge < -0.3 is 19.9 Å². The lowest BCUT2D eigenvalue weighted by Gasteiger charge is -2.23. The molecule has 0 aliphatic carbocycles. The number of aliphatic hydroxyl groups is 1. The first-order valence-electron chi connectivity index (χ1n) is 5.37. The van der Waals surface area contributed by atoms with Gasteiger partial charge in [0, 0.05) is 32.5 Å². The van der Waals surface area contributed by atoms with E-state index in [0.29, 0.717) is 6.54 Å². The minimum atomic E-state index is -0.161. The minimum absolute atomic E-state index is 0.0263. The highest BCUT2D eigenvalue weighted by atomic mass is 16.3. The molecule has 0 fully saturated rings. The third-order valence-corrected chi connectivity index (χ3v) is 2.56. The van der Waals surface area contributed by atoms with E-state index in [0.717, 1.165) is 6.54 Å². The molecule has 16 heavy (non-hydrogen) atoms. The van der Waals surface area contributed by atoms with Gasteiger partial charge >= 0.3 is 6.03 Å². The lowest BCUT2D eigenvalue weighted by Crippen LogP contribution is -2.44. The van der Waals surface area contributed by atoms with Crippen LogP contribution in [-0.2, 0) is 6.54 Å². The molecule has 0 saturated carbocycles. The van der Waals surface area contributed by atoms with Crippen molar-refractivity contribution in [1.82, 2.24) is 14.8 Å². The molecule has 0 aliphatic rings. The van der Waals surface area contributed by atoms with Gasteiger partial charge in [-0.05, 0) is 19.1 Å². The van der Waals surface area contributed by atoms with Crippen LogP contribution in [0.4, 0.5) is 4.79 Å². The lowest BCUT2D eigenvalue weighted by atomic mass is 10.3.